The largest absolute Gasteiger partial charge is 0.347 e. The number of pyridine rings is 1. The van der Waals surface area contributed by atoms with Crippen LogP contribution in [0.1, 0.15) is 36.7 Å². The van der Waals surface area contributed by atoms with Gasteiger partial charge in [0, 0.05) is 30.9 Å². The Bertz CT molecular complexity index is 851. The minimum Gasteiger partial charge on any atom is -0.347 e. The highest BCUT2D eigenvalue weighted by Crippen LogP contribution is 2.40. The summed E-state index contributed by atoms with van der Waals surface area (Å²) in [6, 6.07) is 6.99. The van der Waals surface area contributed by atoms with Gasteiger partial charge < -0.3 is 9.88 Å². The second kappa shape index (κ2) is 6.82. The predicted octanol–water partition coefficient (Wildman–Crippen LogP) is 0.898. The van der Waals surface area contributed by atoms with E-state index in [0.29, 0.717) is 5.92 Å². The molecule has 0 unspecified atom stereocenters. The fourth-order valence-electron chi connectivity index (χ4n) is 2.69. The van der Waals surface area contributed by atoms with E-state index in [1.54, 1.807) is 0 Å². The lowest BCUT2D eigenvalue weighted by atomic mass is 10.1. The number of H-pyrrole nitrogens is 1. The minimum absolute atomic E-state index is 0.0790. The third-order valence-corrected chi connectivity index (χ3v) is 4.12. The van der Waals surface area contributed by atoms with Gasteiger partial charge in [0.25, 0.3) is 5.56 Å². The monoisotopic (exact) mass is 328 g/mol. The summed E-state index contributed by atoms with van der Waals surface area (Å²) in [5.74, 6) is 0.298. The second-order valence-corrected chi connectivity index (χ2v) is 6.14. The number of amides is 1. The Morgan fingerprint density at radius 3 is 2.83 bits per heavy atom. The van der Waals surface area contributed by atoms with Crippen LogP contribution in [-0.2, 0) is 11.3 Å². The Kier molecular flexibility index (Phi) is 4.59. The molecule has 0 saturated heterocycles. The molecule has 1 aliphatic rings. The third kappa shape index (κ3) is 3.98. The number of aromatic amines is 1. The van der Waals surface area contributed by atoms with Crippen molar-refractivity contribution in [1.29, 1.82) is 0 Å². The standard InChI is InChI=1S/C17H20N4O3/c1-11-3-2-4-13(18-11)16(12-5-6-12)19-14(22)7-9-21-10-8-15(23)20-17(21)24/h2-4,8,10,12,16H,5-7,9H2,1H3,(H,19,22)(H,20,23,24)/t16-/m0/s1. The van der Waals surface area contributed by atoms with E-state index < -0.39 is 11.2 Å². The zero-order valence-corrected chi connectivity index (χ0v) is 13.5. The van der Waals surface area contributed by atoms with E-state index in [-0.39, 0.29) is 24.9 Å². The van der Waals surface area contributed by atoms with Gasteiger partial charge >= 0.3 is 5.69 Å². The van der Waals surface area contributed by atoms with Crippen molar-refractivity contribution in [3.63, 3.8) is 0 Å². The Morgan fingerprint density at radius 1 is 1.38 bits per heavy atom. The van der Waals surface area contributed by atoms with Gasteiger partial charge in [0.2, 0.25) is 5.91 Å². The van der Waals surface area contributed by atoms with Gasteiger partial charge in [0.15, 0.2) is 0 Å². The summed E-state index contributed by atoms with van der Waals surface area (Å²) in [6.45, 7) is 2.15. The first kappa shape index (κ1) is 16.2. The quantitative estimate of drug-likeness (QED) is 0.823. The molecule has 0 aromatic carbocycles. The van der Waals surface area contributed by atoms with Crippen molar-refractivity contribution in [2.45, 2.75) is 38.8 Å². The van der Waals surface area contributed by atoms with Gasteiger partial charge in [-0.15, -0.1) is 0 Å². The van der Waals surface area contributed by atoms with E-state index in [4.69, 9.17) is 0 Å². The van der Waals surface area contributed by atoms with Crippen molar-refractivity contribution in [3.8, 4) is 0 Å². The number of nitrogens with zero attached hydrogens (tertiary/aromatic N) is 2. The summed E-state index contributed by atoms with van der Waals surface area (Å²) in [4.78, 5) is 41.6. The van der Waals surface area contributed by atoms with Gasteiger partial charge in [-0.1, -0.05) is 6.07 Å². The number of aromatic nitrogens is 3. The molecule has 0 bridgehead atoms. The molecule has 3 rings (SSSR count). The number of carbonyl (C=O) groups excluding carboxylic acids is 1. The first-order valence-electron chi connectivity index (χ1n) is 8.05. The lowest BCUT2D eigenvalue weighted by Gasteiger charge is -2.18. The molecule has 1 amide bonds. The number of rotatable bonds is 6. The van der Waals surface area contributed by atoms with Crippen molar-refractivity contribution in [1.82, 2.24) is 19.9 Å². The van der Waals surface area contributed by atoms with E-state index in [1.807, 2.05) is 25.1 Å². The molecule has 2 N–H and O–H groups in total. The molecule has 2 aromatic rings. The van der Waals surface area contributed by atoms with Crippen molar-refractivity contribution in [2.75, 3.05) is 0 Å². The van der Waals surface area contributed by atoms with Crippen LogP contribution in [0.2, 0.25) is 0 Å². The van der Waals surface area contributed by atoms with Gasteiger partial charge in [-0.2, -0.15) is 0 Å². The fourth-order valence-corrected chi connectivity index (χ4v) is 2.69. The molecule has 24 heavy (non-hydrogen) atoms. The summed E-state index contributed by atoms with van der Waals surface area (Å²) >= 11 is 0. The van der Waals surface area contributed by atoms with Crippen molar-refractivity contribution in [3.05, 3.63) is 62.7 Å². The molecule has 2 heterocycles. The first-order valence-corrected chi connectivity index (χ1v) is 8.05. The molecule has 1 atom stereocenters. The van der Waals surface area contributed by atoms with Gasteiger partial charge in [-0.3, -0.25) is 19.6 Å². The van der Waals surface area contributed by atoms with Crippen LogP contribution < -0.4 is 16.6 Å². The highest BCUT2D eigenvalue weighted by atomic mass is 16.2. The third-order valence-electron chi connectivity index (χ3n) is 4.12. The van der Waals surface area contributed by atoms with E-state index in [1.165, 1.54) is 16.8 Å². The minimum atomic E-state index is -0.505. The van der Waals surface area contributed by atoms with Gasteiger partial charge in [-0.05, 0) is 37.8 Å². The molecule has 7 nitrogen and oxygen atoms in total. The lowest BCUT2D eigenvalue weighted by Crippen LogP contribution is -2.33. The molecule has 1 fully saturated rings. The van der Waals surface area contributed by atoms with Gasteiger partial charge in [0.1, 0.15) is 0 Å². The molecule has 0 spiro atoms. The molecule has 0 aliphatic heterocycles. The van der Waals surface area contributed by atoms with E-state index in [9.17, 15) is 14.4 Å². The van der Waals surface area contributed by atoms with Crippen molar-refractivity contribution >= 4 is 5.91 Å². The lowest BCUT2D eigenvalue weighted by molar-refractivity contribution is -0.122. The first-order chi connectivity index (χ1) is 11.5. The zero-order chi connectivity index (χ0) is 17.1. The predicted molar refractivity (Wildman–Crippen MR) is 88.5 cm³/mol. The molecule has 126 valence electrons. The van der Waals surface area contributed by atoms with E-state index in [0.717, 1.165) is 24.2 Å². The molecule has 2 aromatic heterocycles. The molecular formula is C17H20N4O3. The van der Waals surface area contributed by atoms with Crippen LogP contribution in [0.4, 0.5) is 0 Å². The van der Waals surface area contributed by atoms with Crippen molar-refractivity contribution < 1.29 is 4.79 Å². The Labute approximate surface area is 138 Å². The summed E-state index contributed by atoms with van der Waals surface area (Å²) in [6.07, 6.45) is 3.73. The summed E-state index contributed by atoms with van der Waals surface area (Å²) in [5, 5.41) is 3.03. The van der Waals surface area contributed by atoms with Crippen LogP contribution in [0.25, 0.3) is 0 Å². The Morgan fingerprint density at radius 2 is 2.17 bits per heavy atom. The molecule has 0 radical (unpaired) electrons. The molecular weight excluding hydrogens is 308 g/mol. The zero-order valence-electron chi connectivity index (χ0n) is 13.5. The Balaban J connectivity index is 1.64. The SMILES string of the molecule is Cc1cccc([C@@H](NC(=O)CCn2ccc(=O)[nH]c2=O)C2CC2)n1. The molecule has 1 saturated carbocycles. The van der Waals surface area contributed by atoms with Gasteiger partial charge in [0.05, 0.1) is 11.7 Å². The number of hydrogen-bond donors (Lipinski definition) is 2. The fraction of sp³-hybridized carbons (Fsp3) is 0.412. The average molecular weight is 328 g/mol. The smallest absolute Gasteiger partial charge is 0.328 e. The highest BCUT2D eigenvalue weighted by Gasteiger charge is 2.34. The maximum absolute atomic E-state index is 12.3. The van der Waals surface area contributed by atoms with Crippen LogP contribution >= 0.6 is 0 Å². The molecule has 1 aliphatic carbocycles. The number of hydrogen-bond acceptors (Lipinski definition) is 4. The maximum atomic E-state index is 12.3. The van der Waals surface area contributed by atoms with Crippen molar-refractivity contribution in [2.24, 2.45) is 5.92 Å². The average Bonchev–Trinajstić information content (AvgIpc) is 3.36. The van der Waals surface area contributed by atoms with Gasteiger partial charge in [-0.25, -0.2) is 4.79 Å². The topological polar surface area (TPSA) is 96.9 Å². The molecule has 7 heteroatoms. The number of nitrogens with one attached hydrogen (secondary N) is 2. The van der Waals surface area contributed by atoms with Crippen LogP contribution in [0, 0.1) is 12.8 Å². The van der Waals surface area contributed by atoms with Crippen LogP contribution in [0.15, 0.2) is 40.1 Å². The summed E-state index contributed by atoms with van der Waals surface area (Å²) < 4.78 is 1.32. The van der Waals surface area contributed by atoms with E-state index >= 15 is 0 Å². The second-order valence-electron chi connectivity index (χ2n) is 6.14. The highest BCUT2D eigenvalue weighted by molar-refractivity contribution is 5.76. The summed E-state index contributed by atoms with van der Waals surface area (Å²) in [5.41, 5.74) is 0.855. The van der Waals surface area contributed by atoms with Crippen LogP contribution in [0.3, 0.4) is 0 Å². The van der Waals surface area contributed by atoms with E-state index in [2.05, 4.69) is 15.3 Å². The van der Waals surface area contributed by atoms with Crippen LogP contribution in [0.5, 0.6) is 0 Å². The Hall–Kier alpha value is -2.70. The maximum Gasteiger partial charge on any atom is 0.328 e. The van der Waals surface area contributed by atoms with Crippen LogP contribution in [-0.4, -0.2) is 20.4 Å². The number of carbonyl (C=O) groups is 1. The number of aryl methyl sites for hydroxylation is 2. The summed E-state index contributed by atoms with van der Waals surface area (Å²) in [7, 11) is 0. The normalized spacial score (nSPS) is 15.0.